The fourth-order valence-electron chi connectivity index (χ4n) is 1.68. The van der Waals surface area contributed by atoms with Gasteiger partial charge in [0.05, 0.1) is 12.9 Å². The number of methoxy groups -OCH3 is 1. The van der Waals surface area contributed by atoms with Crippen LogP contribution < -0.4 is 5.32 Å². The molecule has 1 amide bonds. The van der Waals surface area contributed by atoms with Crippen LogP contribution in [0.15, 0.2) is 22.8 Å². The number of nitrogens with one attached hydrogen (secondary N) is 1. The quantitative estimate of drug-likeness (QED) is 0.839. The first-order valence-corrected chi connectivity index (χ1v) is 6.88. The van der Waals surface area contributed by atoms with Gasteiger partial charge in [-0.05, 0) is 19.1 Å². The summed E-state index contributed by atoms with van der Waals surface area (Å²) in [5.74, 6) is -1.15. The number of hydrogen-bond acceptors (Lipinski definition) is 6. The van der Waals surface area contributed by atoms with E-state index in [-0.39, 0.29) is 12.3 Å². The van der Waals surface area contributed by atoms with Crippen LogP contribution >= 0.6 is 11.3 Å². The van der Waals surface area contributed by atoms with Crippen LogP contribution in [0.4, 0.5) is 0 Å². The van der Waals surface area contributed by atoms with Crippen LogP contribution in [-0.4, -0.2) is 41.7 Å². The van der Waals surface area contributed by atoms with Gasteiger partial charge in [0.1, 0.15) is 5.69 Å². The van der Waals surface area contributed by atoms with Crippen molar-refractivity contribution in [2.45, 2.75) is 13.0 Å². The fourth-order valence-corrected chi connectivity index (χ4v) is 2.56. The van der Waals surface area contributed by atoms with Gasteiger partial charge >= 0.3 is 5.97 Å². The molecule has 1 unspecified atom stereocenters. The summed E-state index contributed by atoms with van der Waals surface area (Å²) in [5, 5.41) is 12.0. The van der Waals surface area contributed by atoms with Gasteiger partial charge in [-0.15, -0.1) is 11.3 Å². The van der Waals surface area contributed by atoms with Crippen molar-refractivity contribution < 1.29 is 23.8 Å². The van der Waals surface area contributed by atoms with Crippen LogP contribution in [0.3, 0.4) is 0 Å². The molecule has 8 heteroatoms. The molecule has 0 aliphatic carbocycles. The summed E-state index contributed by atoms with van der Waals surface area (Å²) in [6.45, 7) is 1.63. The van der Waals surface area contributed by atoms with Crippen LogP contribution in [0.5, 0.6) is 0 Å². The van der Waals surface area contributed by atoms with E-state index in [9.17, 15) is 9.59 Å². The average molecular weight is 310 g/mol. The lowest BCUT2D eigenvalue weighted by Gasteiger charge is -2.12. The summed E-state index contributed by atoms with van der Waals surface area (Å²) in [4.78, 5) is 28.0. The maximum absolute atomic E-state index is 12.1. The maximum atomic E-state index is 12.1. The summed E-state index contributed by atoms with van der Waals surface area (Å²) in [5.41, 5.74) is 0.189. The Labute approximate surface area is 124 Å². The zero-order chi connectivity index (χ0) is 15.4. The molecule has 0 fully saturated rings. The predicted molar refractivity (Wildman–Crippen MR) is 75.3 cm³/mol. The number of rotatable bonds is 6. The summed E-state index contributed by atoms with van der Waals surface area (Å²) in [6, 6.07) is 2.35. The van der Waals surface area contributed by atoms with Crippen LogP contribution in [0, 0.1) is 6.92 Å². The number of aliphatic carboxylic acids is 1. The van der Waals surface area contributed by atoms with Gasteiger partial charge < -0.3 is 19.6 Å². The van der Waals surface area contributed by atoms with E-state index in [2.05, 4.69) is 10.3 Å². The van der Waals surface area contributed by atoms with E-state index >= 15 is 0 Å². The van der Waals surface area contributed by atoms with E-state index in [1.54, 1.807) is 19.1 Å². The van der Waals surface area contributed by atoms with Crippen molar-refractivity contribution in [3.8, 4) is 10.8 Å². The number of ether oxygens (including phenoxy) is 1. The number of carbonyl (C=O) groups excluding carboxylic acids is 1. The normalized spacial score (nSPS) is 12.1. The van der Waals surface area contributed by atoms with Crippen molar-refractivity contribution >= 4 is 23.2 Å². The van der Waals surface area contributed by atoms with Crippen LogP contribution in [0.1, 0.15) is 15.4 Å². The lowest BCUT2D eigenvalue weighted by Crippen LogP contribution is -2.44. The number of carboxylic acid groups (broad SMARTS) is 1. The first-order valence-electron chi connectivity index (χ1n) is 6.07. The Kier molecular flexibility index (Phi) is 4.71. The second kappa shape index (κ2) is 6.51. The first-order chi connectivity index (χ1) is 10.0. The van der Waals surface area contributed by atoms with E-state index in [1.807, 2.05) is 0 Å². The van der Waals surface area contributed by atoms with Gasteiger partial charge in [-0.25, -0.2) is 9.78 Å². The third kappa shape index (κ3) is 3.47. The molecule has 1 atom stereocenters. The molecule has 2 heterocycles. The molecule has 2 rings (SSSR count). The van der Waals surface area contributed by atoms with Crippen LogP contribution in [-0.2, 0) is 9.53 Å². The second-order valence-corrected chi connectivity index (χ2v) is 5.42. The molecule has 0 bridgehead atoms. The monoisotopic (exact) mass is 310 g/mol. The number of carboxylic acids is 1. The Morgan fingerprint density at radius 2 is 2.33 bits per heavy atom. The standard InChI is InChI=1S/C13H14N2O5S/c1-7-10(11(16)14-8(6-19-2)13(17)18)15-12(21-7)9-4-3-5-20-9/h3-5,8H,6H2,1-2H3,(H,14,16)(H,17,18). The van der Waals surface area contributed by atoms with Crippen molar-refractivity contribution in [2.75, 3.05) is 13.7 Å². The largest absolute Gasteiger partial charge is 0.480 e. The summed E-state index contributed by atoms with van der Waals surface area (Å²) in [6.07, 6.45) is 1.52. The van der Waals surface area contributed by atoms with Gasteiger partial charge in [-0.3, -0.25) is 4.79 Å². The molecular formula is C13H14N2O5S. The number of nitrogens with zero attached hydrogens (tertiary/aromatic N) is 1. The zero-order valence-corrected chi connectivity index (χ0v) is 12.3. The molecule has 2 aromatic rings. The lowest BCUT2D eigenvalue weighted by atomic mass is 10.3. The van der Waals surface area contributed by atoms with Crippen LogP contribution in [0.25, 0.3) is 10.8 Å². The Hall–Kier alpha value is -2.19. The molecule has 21 heavy (non-hydrogen) atoms. The van der Waals surface area contributed by atoms with E-state index in [0.717, 1.165) is 0 Å². The Morgan fingerprint density at radius 1 is 1.57 bits per heavy atom. The number of furan rings is 1. The molecule has 0 radical (unpaired) electrons. The summed E-state index contributed by atoms with van der Waals surface area (Å²) >= 11 is 1.30. The smallest absolute Gasteiger partial charge is 0.328 e. The lowest BCUT2D eigenvalue weighted by molar-refractivity contribution is -0.140. The van der Waals surface area contributed by atoms with Gasteiger partial charge in [0.15, 0.2) is 16.8 Å². The van der Waals surface area contributed by atoms with E-state index < -0.39 is 17.9 Å². The van der Waals surface area contributed by atoms with E-state index in [4.69, 9.17) is 14.3 Å². The number of hydrogen-bond donors (Lipinski definition) is 2. The molecule has 112 valence electrons. The number of carbonyl (C=O) groups is 2. The predicted octanol–water partition coefficient (Wildman–Crippen LogP) is 1.54. The minimum atomic E-state index is -1.16. The Bertz CT molecular complexity index is 635. The molecule has 0 aliphatic rings. The minimum Gasteiger partial charge on any atom is -0.480 e. The molecule has 2 aromatic heterocycles. The fraction of sp³-hybridized carbons (Fsp3) is 0.308. The topological polar surface area (TPSA) is 102 Å². The molecule has 0 saturated heterocycles. The highest BCUT2D eigenvalue weighted by molar-refractivity contribution is 7.15. The van der Waals surface area contributed by atoms with Gasteiger partial charge in [0, 0.05) is 12.0 Å². The van der Waals surface area contributed by atoms with E-state index in [0.29, 0.717) is 15.6 Å². The molecular weight excluding hydrogens is 296 g/mol. The SMILES string of the molecule is COCC(NC(=O)c1nc(-c2ccco2)sc1C)C(=O)O. The Morgan fingerprint density at radius 3 is 2.90 bits per heavy atom. The van der Waals surface area contributed by atoms with Gasteiger partial charge in [0.2, 0.25) is 0 Å². The molecule has 0 saturated carbocycles. The van der Waals surface area contributed by atoms with Gasteiger partial charge in [-0.1, -0.05) is 0 Å². The van der Waals surface area contributed by atoms with Crippen molar-refractivity contribution in [3.05, 3.63) is 29.0 Å². The zero-order valence-electron chi connectivity index (χ0n) is 11.5. The highest BCUT2D eigenvalue weighted by Gasteiger charge is 2.24. The highest BCUT2D eigenvalue weighted by atomic mass is 32.1. The third-order valence-corrected chi connectivity index (χ3v) is 3.67. The molecule has 0 aliphatic heterocycles. The van der Waals surface area contributed by atoms with Gasteiger partial charge in [-0.2, -0.15) is 0 Å². The number of thiazole rings is 1. The van der Waals surface area contributed by atoms with Crippen molar-refractivity contribution in [3.63, 3.8) is 0 Å². The Balaban J connectivity index is 2.18. The van der Waals surface area contributed by atoms with E-state index in [1.165, 1.54) is 24.7 Å². The summed E-state index contributed by atoms with van der Waals surface area (Å²) < 4.78 is 10.00. The van der Waals surface area contributed by atoms with Crippen molar-refractivity contribution in [1.82, 2.24) is 10.3 Å². The maximum Gasteiger partial charge on any atom is 0.328 e. The number of amides is 1. The molecule has 0 aromatic carbocycles. The van der Waals surface area contributed by atoms with Gasteiger partial charge in [0.25, 0.3) is 5.91 Å². The first kappa shape index (κ1) is 15.2. The van der Waals surface area contributed by atoms with Crippen LogP contribution in [0.2, 0.25) is 0 Å². The second-order valence-electron chi connectivity index (χ2n) is 4.22. The number of aromatic nitrogens is 1. The molecule has 7 nitrogen and oxygen atoms in total. The summed E-state index contributed by atoms with van der Waals surface area (Å²) in [7, 11) is 1.37. The molecule has 2 N–H and O–H groups in total. The highest BCUT2D eigenvalue weighted by Crippen LogP contribution is 2.27. The average Bonchev–Trinajstić information content (AvgIpc) is 3.06. The third-order valence-electron chi connectivity index (χ3n) is 2.68. The van der Waals surface area contributed by atoms with Crippen molar-refractivity contribution in [2.24, 2.45) is 0 Å². The number of aryl methyl sites for hydroxylation is 1. The van der Waals surface area contributed by atoms with Crippen molar-refractivity contribution in [1.29, 1.82) is 0 Å². The molecule has 0 spiro atoms. The minimum absolute atomic E-state index is 0.116.